The number of aromatic nitrogens is 2. The fourth-order valence-corrected chi connectivity index (χ4v) is 2.74. The van der Waals surface area contributed by atoms with Crippen molar-refractivity contribution < 1.29 is 0 Å². The first-order valence-corrected chi connectivity index (χ1v) is 5.33. The van der Waals surface area contributed by atoms with E-state index >= 15 is 0 Å². The predicted molar refractivity (Wildman–Crippen MR) is 59.9 cm³/mol. The van der Waals surface area contributed by atoms with Crippen molar-refractivity contribution in [2.45, 2.75) is 0 Å². The minimum Gasteiger partial charge on any atom is -0.253 e. The van der Waals surface area contributed by atoms with Gasteiger partial charge >= 0.3 is 0 Å². The van der Waals surface area contributed by atoms with Crippen LogP contribution in [0.3, 0.4) is 0 Å². The maximum atomic E-state index is 6.07. The number of pyridine rings is 2. The van der Waals surface area contributed by atoms with Gasteiger partial charge in [-0.25, -0.2) is 0 Å². The quantitative estimate of drug-likeness (QED) is 0.580. The van der Waals surface area contributed by atoms with Crippen LogP contribution in [0.2, 0.25) is 5.02 Å². The van der Waals surface area contributed by atoms with E-state index in [1.54, 1.807) is 29.8 Å². The van der Waals surface area contributed by atoms with Crippen LogP contribution >= 0.6 is 22.9 Å². The van der Waals surface area contributed by atoms with Gasteiger partial charge in [0, 0.05) is 12.4 Å². The summed E-state index contributed by atoms with van der Waals surface area (Å²) in [5.41, 5.74) is 1.84. The summed E-state index contributed by atoms with van der Waals surface area (Å²) in [5, 5.41) is 0.748. The summed E-state index contributed by atoms with van der Waals surface area (Å²) in [4.78, 5) is 8.59. The number of halogens is 1. The minimum atomic E-state index is 0.748. The number of thiophene rings is 1. The molecular weight excluding hydrogens is 216 g/mol. The molecule has 0 aliphatic carbocycles. The molecule has 0 N–H and O–H groups in total. The normalized spacial score (nSPS) is 11.2. The van der Waals surface area contributed by atoms with Gasteiger partial charge in [0.15, 0.2) is 0 Å². The standard InChI is InChI=1S/C10H5ClN2S/c11-6-3-5-13-9-8-7(14-10(6)9)2-1-4-12-8/h1-5H. The molecule has 3 aromatic rings. The van der Waals surface area contributed by atoms with Gasteiger partial charge in [-0.1, -0.05) is 11.6 Å². The molecule has 3 aromatic heterocycles. The van der Waals surface area contributed by atoms with Crippen LogP contribution in [0.25, 0.3) is 20.4 Å². The van der Waals surface area contributed by atoms with Gasteiger partial charge in [0.05, 0.1) is 14.4 Å². The van der Waals surface area contributed by atoms with Crippen LogP contribution < -0.4 is 0 Å². The van der Waals surface area contributed by atoms with Gasteiger partial charge in [0.2, 0.25) is 0 Å². The zero-order valence-electron chi connectivity index (χ0n) is 7.07. The van der Waals surface area contributed by atoms with E-state index in [0.29, 0.717) is 0 Å². The Morgan fingerprint density at radius 3 is 2.86 bits per heavy atom. The first-order chi connectivity index (χ1) is 6.86. The lowest BCUT2D eigenvalue weighted by molar-refractivity contribution is 1.39. The molecule has 2 nitrogen and oxygen atoms in total. The Morgan fingerprint density at radius 2 is 1.93 bits per heavy atom. The van der Waals surface area contributed by atoms with E-state index in [1.165, 1.54) is 0 Å². The molecule has 0 aliphatic heterocycles. The van der Waals surface area contributed by atoms with Gasteiger partial charge < -0.3 is 0 Å². The maximum absolute atomic E-state index is 6.07. The zero-order valence-corrected chi connectivity index (χ0v) is 8.64. The van der Waals surface area contributed by atoms with Gasteiger partial charge in [-0.05, 0) is 18.2 Å². The SMILES string of the molecule is Clc1ccnc2c1sc1cccnc12. The van der Waals surface area contributed by atoms with Gasteiger partial charge in [0.25, 0.3) is 0 Å². The largest absolute Gasteiger partial charge is 0.253 e. The molecule has 0 amide bonds. The predicted octanol–water partition coefficient (Wildman–Crippen LogP) is 3.50. The molecule has 0 bridgehead atoms. The molecule has 0 fully saturated rings. The molecule has 0 saturated carbocycles. The third-order valence-corrected chi connectivity index (χ3v) is 3.66. The summed E-state index contributed by atoms with van der Waals surface area (Å²) in [6, 6.07) is 5.76. The number of hydrogen-bond donors (Lipinski definition) is 0. The van der Waals surface area contributed by atoms with Crippen LogP contribution in [0.1, 0.15) is 0 Å². The molecule has 0 unspecified atom stereocenters. The topological polar surface area (TPSA) is 25.8 Å². The lowest BCUT2D eigenvalue weighted by Gasteiger charge is -1.90. The molecule has 0 radical (unpaired) electrons. The van der Waals surface area contributed by atoms with Crippen molar-refractivity contribution in [1.29, 1.82) is 0 Å². The molecule has 0 spiro atoms. The molecule has 4 heteroatoms. The molecular formula is C10H5ClN2S. The average molecular weight is 221 g/mol. The zero-order chi connectivity index (χ0) is 9.54. The second-order valence-corrected chi connectivity index (χ2v) is 4.38. The molecule has 0 saturated heterocycles. The Hall–Kier alpha value is -1.19. The number of nitrogens with zero attached hydrogens (tertiary/aromatic N) is 2. The van der Waals surface area contributed by atoms with Crippen molar-refractivity contribution in [3.8, 4) is 0 Å². The van der Waals surface area contributed by atoms with Crippen molar-refractivity contribution >= 4 is 43.4 Å². The van der Waals surface area contributed by atoms with Crippen LogP contribution in [0.5, 0.6) is 0 Å². The lowest BCUT2D eigenvalue weighted by Crippen LogP contribution is -1.75. The average Bonchev–Trinajstić information content (AvgIpc) is 2.59. The van der Waals surface area contributed by atoms with Crippen molar-refractivity contribution in [1.82, 2.24) is 9.97 Å². The Morgan fingerprint density at radius 1 is 1.07 bits per heavy atom. The molecule has 3 heterocycles. The van der Waals surface area contributed by atoms with E-state index in [2.05, 4.69) is 9.97 Å². The summed E-state index contributed by atoms with van der Waals surface area (Å²) in [7, 11) is 0. The van der Waals surface area contributed by atoms with Crippen LogP contribution in [-0.2, 0) is 0 Å². The molecule has 0 aliphatic rings. The highest BCUT2D eigenvalue weighted by molar-refractivity contribution is 7.26. The highest BCUT2D eigenvalue weighted by atomic mass is 35.5. The number of hydrogen-bond acceptors (Lipinski definition) is 3. The van der Waals surface area contributed by atoms with Crippen molar-refractivity contribution in [3.05, 3.63) is 35.6 Å². The summed E-state index contributed by atoms with van der Waals surface area (Å²) < 4.78 is 2.14. The number of rotatable bonds is 0. The Bertz CT molecular complexity index is 618. The van der Waals surface area contributed by atoms with E-state index in [-0.39, 0.29) is 0 Å². The minimum absolute atomic E-state index is 0.748. The first kappa shape index (κ1) is 8.15. The monoisotopic (exact) mass is 220 g/mol. The Kier molecular flexibility index (Phi) is 1.69. The summed E-state index contributed by atoms with van der Waals surface area (Å²) in [6.07, 6.45) is 3.49. The van der Waals surface area contributed by atoms with Crippen LogP contribution in [-0.4, -0.2) is 9.97 Å². The Balaban J connectivity index is 2.63. The van der Waals surface area contributed by atoms with Gasteiger partial charge in [-0.15, -0.1) is 11.3 Å². The van der Waals surface area contributed by atoms with E-state index in [1.807, 2.05) is 12.1 Å². The third-order valence-electron chi connectivity index (χ3n) is 2.06. The second kappa shape index (κ2) is 2.90. The van der Waals surface area contributed by atoms with Crippen LogP contribution in [0.4, 0.5) is 0 Å². The highest BCUT2D eigenvalue weighted by Gasteiger charge is 2.08. The molecule has 3 rings (SSSR count). The molecule has 0 atom stereocenters. The van der Waals surface area contributed by atoms with E-state index in [0.717, 1.165) is 25.5 Å². The first-order valence-electron chi connectivity index (χ1n) is 4.14. The van der Waals surface area contributed by atoms with Gasteiger partial charge in [-0.2, -0.15) is 0 Å². The lowest BCUT2D eigenvalue weighted by atomic mass is 10.3. The summed E-state index contributed by atoms with van der Waals surface area (Å²) in [5.74, 6) is 0. The van der Waals surface area contributed by atoms with Crippen molar-refractivity contribution in [2.75, 3.05) is 0 Å². The third kappa shape index (κ3) is 1.03. The van der Waals surface area contributed by atoms with Crippen molar-refractivity contribution in [3.63, 3.8) is 0 Å². The van der Waals surface area contributed by atoms with Gasteiger partial charge in [0.1, 0.15) is 11.0 Å². The fraction of sp³-hybridized carbons (Fsp3) is 0. The highest BCUT2D eigenvalue weighted by Crippen LogP contribution is 2.34. The van der Waals surface area contributed by atoms with E-state index in [9.17, 15) is 0 Å². The second-order valence-electron chi connectivity index (χ2n) is 2.92. The summed E-state index contributed by atoms with van der Waals surface area (Å²) >= 11 is 7.70. The molecule has 0 aromatic carbocycles. The fourth-order valence-electron chi connectivity index (χ4n) is 1.45. The van der Waals surface area contributed by atoms with Gasteiger partial charge in [-0.3, -0.25) is 9.97 Å². The van der Waals surface area contributed by atoms with Crippen LogP contribution in [0.15, 0.2) is 30.6 Å². The smallest absolute Gasteiger partial charge is 0.109 e. The number of fused-ring (bicyclic) bond motifs is 3. The van der Waals surface area contributed by atoms with E-state index in [4.69, 9.17) is 11.6 Å². The van der Waals surface area contributed by atoms with Crippen molar-refractivity contribution in [2.24, 2.45) is 0 Å². The summed E-state index contributed by atoms with van der Waals surface area (Å²) in [6.45, 7) is 0. The molecule has 68 valence electrons. The maximum Gasteiger partial charge on any atom is 0.109 e. The van der Waals surface area contributed by atoms with E-state index < -0.39 is 0 Å². The molecule has 14 heavy (non-hydrogen) atoms. The van der Waals surface area contributed by atoms with Crippen LogP contribution in [0, 0.1) is 0 Å². The Labute approximate surface area is 89.2 Å².